The molecule has 0 aromatic carbocycles. The van der Waals surface area contributed by atoms with E-state index >= 15 is 0 Å². The van der Waals surface area contributed by atoms with E-state index in [2.05, 4.69) is 38.0 Å². The molecule has 0 bridgehead atoms. The van der Waals surface area contributed by atoms with Crippen LogP contribution in [0.3, 0.4) is 0 Å². The minimum atomic E-state index is 0.233. The summed E-state index contributed by atoms with van der Waals surface area (Å²) in [5.74, 6) is 1.02. The van der Waals surface area contributed by atoms with Crippen LogP contribution in [0.15, 0.2) is 29.7 Å². The second kappa shape index (κ2) is 6.16. The summed E-state index contributed by atoms with van der Waals surface area (Å²) >= 11 is 0. The first-order valence-corrected chi connectivity index (χ1v) is 8.31. The molecule has 7 nitrogen and oxygen atoms in total. The molecule has 23 heavy (non-hydrogen) atoms. The summed E-state index contributed by atoms with van der Waals surface area (Å²) in [6.07, 6.45) is 5.87. The fraction of sp³-hybridized carbons (Fsp3) is 0.562. The fourth-order valence-corrected chi connectivity index (χ4v) is 3.21. The van der Waals surface area contributed by atoms with Gasteiger partial charge in [0.1, 0.15) is 11.9 Å². The summed E-state index contributed by atoms with van der Waals surface area (Å²) in [5, 5.41) is 8.78. The molecule has 1 saturated heterocycles. The molecule has 1 fully saturated rings. The number of fused-ring (bicyclic) bond motifs is 1. The zero-order valence-corrected chi connectivity index (χ0v) is 13.4. The maximum absolute atomic E-state index is 5.52. The fourth-order valence-electron chi connectivity index (χ4n) is 3.21. The van der Waals surface area contributed by atoms with Crippen molar-refractivity contribution in [1.29, 1.82) is 0 Å². The normalized spacial score (nSPS) is 22.4. The number of hydrogen-bond acceptors (Lipinski definition) is 6. The van der Waals surface area contributed by atoms with E-state index < -0.39 is 0 Å². The highest BCUT2D eigenvalue weighted by Gasteiger charge is 2.25. The molecule has 0 N–H and O–H groups in total. The molecule has 2 aromatic rings. The number of rotatable bonds is 4. The second-order valence-electron chi connectivity index (χ2n) is 6.15. The van der Waals surface area contributed by atoms with E-state index in [1.54, 1.807) is 6.20 Å². The minimum Gasteiger partial charge on any atom is -0.391 e. The van der Waals surface area contributed by atoms with Crippen molar-refractivity contribution in [2.45, 2.75) is 25.9 Å². The van der Waals surface area contributed by atoms with Crippen LogP contribution in [0, 0.1) is 0 Å². The highest BCUT2D eigenvalue weighted by molar-refractivity contribution is 5.85. The molecule has 2 aliphatic heterocycles. The predicted octanol–water partition coefficient (Wildman–Crippen LogP) is 1.41. The maximum Gasteiger partial charge on any atom is 0.153 e. The van der Waals surface area contributed by atoms with E-state index in [0.717, 1.165) is 57.0 Å². The average molecular weight is 314 g/mol. The van der Waals surface area contributed by atoms with Crippen molar-refractivity contribution < 1.29 is 4.84 Å². The third-order valence-corrected chi connectivity index (χ3v) is 4.60. The summed E-state index contributed by atoms with van der Waals surface area (Å²) in [6, 6.07) is 4.07. The van der Waals surface area contributed by atoms with Gasteiger partial charge in [0, 0.05) is 51.5 Å². The third kappa shape index (κ3) is 3.01. The van der Waals surface area contributed by atoms with Gasteiger partial charge in [0.15, 0.2) is 5.65 Å². The van der Waals surface area contributed by atoms with Gasteiger partial charge >= 0.3 is 0 Å². The molecule has 0 unspecified atom stereocenters. The molecular formula is C16H22N6O. The van der Waals surface area contributed by atoms with Crippen molar-refractivity contribution in [1.82, 2.24) is 19.5 Å². The van der Waals surface area contributed by atoms with Crippen LogP contribution < -0.4 is 4.90 Å². The Morgan fingerprint density at radius 3 is 2.87 bits per heavy atom. The van der Waals surface area contributed by atoms with E-state index in [4.69, 9.17) is 4.84 Å². The van der Waals surface area contributed by atoms with Crippen LogP contribution >= 0.6 is 0 Å². The van der Waals surface area contributed by atoms with Crippen LogP contribution in [0.5, 0.6) is 0 Å². The van der Waals surface area contributed by atoms with Gasteiger partial charge in [-0.2, -0.15) is 0 Å². The van der Waals surface area contributed by atoms with Crippen LogP contribution in [0.1, 0.15) is 19.8 Å². The van der Waals surface area contributed by atoms with E-state index in [1.807, 2.05) is 16.8 Å². The average Bonchev–Trinajstić information content (AvgIpc) is 3.23. The molecular weight excluding hydrogens is 292 g/mol. The van der Waals surface area contributed by atoms with Gasteiger partial charge < -0.3 is 9.74 Å². The first kappa shape index (κ1) is 14.4. The molecule has 122 valence electrons. The van der Waals surface area contributed by atoms with Crippen LogP contribution in [0.2, 0.25) is 0 Å². The lowest BCUT2D eigenvalue weighted by Gasteiger charge is -2.35. The quantitative estimate of drug-likeness (QED) is 0.854. The Hall–Kier alpha value is -2.15. The van der Waals surface area contributed by atoms with Gasteiger partial charge in [-0.1, -0.05) is 12.1 Å². The van der Waals surface area contributed by atoms with E-state index in [-0.39, 0.29) is 6.10 Å². The number of imidazole rings is 1. The van der Waals surface area contributed by atoms with Gasteiger partial charge in [-0.15, -0.1) is 5.10 Å². The summed E-state index contributed by atoms with van der Waals surface area (Å²) in [5.41, 5.74) is 2.07. The van der Waals surface area contributed by atoms with Crippen molar-refractivity contribution in [3.05, 3.63) is 24.5 Å². The highest BCUT2D eigenvalue weighted by Crippen LogP contribution is 2.17. The molecule has 4 rings (SSSR count). The van der Waals surface area contributed by atoms with Crippen LogP contribution in [0.4, 0.5) is 5.82 Å². The lowest BCUT2D eigenvalue weighted by atomic mass is 10.1. The number of hydrogen-bond donors (Lipinski definition) is 0. The predicted molar refractivity (Wildman–Crippen MR) is 88.9 cm³/mol. The SMILES string of the molecule is CCC1=NO[C@H](CN2CCN(c3ccc4nccn4n3)CC2)C1. The van der Waals surface area contributed by atoms with Gasteiger partial charge in [0.25, 0.3) is 0 Å². The standard InChI is InChI=1S/C16H22N6O/c1-2-13-11-14(23-19-13)12-20-7-9-21(10-8-20)16-4-3-15-17-5-6-22(15)18-16/h3-6,14H,2,7-12H2,1H3/t14-/m0/s1. The van der Waals surface area contributed by atoms with Crippen molar-refractivity contribution in [3.8, 4) is 0 Å². The smallest absolute Gasteiger partial charge is 0.153 e. The number of nitrogens with zero attached hydrogens (tertiary/aromatic N) is 6. The molecule has 7 heteroatoms. The number of piperazine rings is 1. The molecule has 0 saturated carbocycles. The largest absolute Gasteiger partial charge is 0.391 e. The maximum atomic E-state index is 5.52. The monoisotopic (exact) mass is 314 g/mol. The minimum absolute atomic E-state index is 0.233. The van der Waals surface area contributed by atoms with E-state index in [1.165, 1.54) is 5.71 Å². The van der Waals surface area contributed by atoms with Crippen molar-refractivity contribution in [2.24, 2.45) is 5.16 Å². The Kier molecular flexibility index (Phi) is 3.87. The molecule has 1 atom stereocenters. The molecule has 0 spiro atoms. The van der Waals surface area contributed by atoms with E-state index in [9.17, 15) is 0 Å². The lowest BCUT2D eigenvalue weighted by molar-refractivity contribution is 0.0510. The zero-order chi connectivity index (χ0) is 15.6. The van der Waals surface area contributed by atoms with Crippen LogP contribution in [-0.4, -0.2) is 64.0 Å². The zero-order valence-electron chi connectivity index (χ0n) is 13.4. The van der Waals surface area contributed by atoms with Crippen LogP contribution in [0.25, 0.3) is 5.65 Å². The Balaban J connectivity index is 1.32. The Morgan fingerprint density at radius 1 is 1.22 bits per heavy atom. The van der Waals surface area contributed by atoms with Crippen molar-refractivity contribution >= 4 is 17.2 Å². The topological polar surface area (TPSA) is 58.3 Å². The summed E-state index contributed by atoms with van der Waals surface area (Å²) in [6.45, 7) is 7.14. The number of anilines is 1. The van der Waals surface area contributed by atoms with Gasteiger partial charge in [0.2, 0.25) is 0 Å². The second-order valence-corrected chi connectivity index (χ2v) is 6.15. The van der Waals surface area contributed by atoms with Gasteiger partial charge in [-0.25, -0.2) is 9.50 Å². The van der Waals surface area contributed by atoms with Crippen molar-refractivity contribution in [3.63, 3.8) is 0 Å². The summed E-state index contributed by atoms with van der Waals surface area (Å²) in [4.78, 5) is 14.6. The first-order valence-electron chi connectivity index (χ1n) is 8.31. The van der Waals surface area contributed by atoms with Gasteiger partial charge in [-0.3, -0.25) is 4.90 Å². The number of aromatic nitrogens is 3. The Morgan fingerprint density at radius 2 is 2.09 bits per heavy atom. The molecule has 2 aliphatic rings. The molecule has 2 aromatic heterocycles. The molecule has 0 amide bonds. The lowest BCUT2D eigenvalue weighted by Crippen LogP contribution is -2.49. The molecule has 4 heterocycles. The van der Waals surface area contributed by atoms with Crippen LogP contribution in [-0.2, 0) is 4.84 Å². The molecule has 0 radical (unpaired) electrons. The summed E-state index contributed by atoms with van der Waals surface area (Å²) in [7, 11) is 0. The van der Waals surface area contributed by atoms with Crippen molar-refractivity contribution in [2.75, 3.05) is 37.6 Å². The van der Waals surface area contributed by atoms with Gasteiger partial charge in [-0.05, 0) is 18.6 Å². The summed E-state index contributed by atoms with van der Waals surface area (Å²) < 4.78 is 1.83. The number of oxime groups is 1. The Bertz CT molecular complexity index is 703. The molecule has 0 aliphatic carbocycles. The van der Waals surface area contributed by atoms with Gasteiger partial charge in [0.05, 0.1) is 5.71 Å². The Labute approximate surface area is 135 Å². The third-order valence-electron chi connectivity index (χ3n) is 4.60. The highest BCUT2D eigenvalue weighted by atomic mass is 16.6. The van der Waals surface area contributed by atoms with E-state index in [0.29, 0.717) is 0 Å². The first-order chi connectivity index (χ1) is 11.3.